The van der Waals surface area contributed by atoms with E-state index in [1.54, 1.807) is 6.20 Å². The molecule has 1 unspecified atom stereocenters. The van der Waals surface area contributed by atoms with E-state index in [0.29, 0.717) is 6.54 Å². The zero-order valence-electron chi connectivity index (χ0n) is 15.3. The van der Waals surface area contributed by atoms with Crippen molar-refractivity contribution in [2.24, 2.45) is 5.92 Å². The normalized spacial score (nSPS) is 16.6. The van der Waals surface area contributed by atoms with E-state index < -0.39 is 0 Å². The van der Waals surface area contributed by atoms with Crippen molar-refractivity contribution in [1.29, 1.82) is 0 Å². The number of rotatable bonds is 3. The SMILES string of the molecule is Cc1nccn1CC1CCc2c(c3ccccc3n2-c2ccccc2)C1=O. The molecule has 0 N–H and O–H groups in total. The second kappa shape index (κ2) is 6.23. The zero-order valence-corrected chi connectivity index (χ0v) is 15.3. The summed E-state index contributed by atoms with van der Waals surface area (Å²) in [7, 11) is 0. The Morgan fingerprint density at radius 1 is 1.07 bits per heavy atom. The highest BCUT2D eigenvalue weighted by atomic mass is 16.1. The summed E-state index contributed by atoms with van der Waals surface area (Å²) in [5.74, 6) is 1.22. The van der Waals surface area contributed by atoms with Gasteiger partial charge in [-0.3, -0.25) is 4.79 Å². The first-order valence-electron chi connectivity index (χ1n) is 9.43. The van der Waals surface area contributed by atoms with Gasteiger partial charge < -0.3 is 9.13 Å². The molecular formula is C23H21N3O. The largest absolute Gasteiger partial charge is 0.334 e. The van der Waals surface area contributed by atoms with Crippen LogP contribution in [0.5, 0.6) is 0 Å². The standard InChI is InChI=1S/C23H21N3O/c1-16-24-13-14-25(16)15-17-11-12-21-22(23(17)27)19-9-5-6-10-20(19)26(21)18-7-3-2-4-8-18/h2-10,13-14,17H,11-12,15H2,1H3. The summed E-state index contributed by atoms with van der Waals surface area (Å²) in [5.41, 5.74) is 4.28. The third-order valence-electron chi connectivity index (χ3n) is 5.67. The third-order valence-corrected chi connectivity index (χ3v) is 5.67. The molecule has 0 radical (unpaired) electrons. The van der Waals surface area contributed by atoms with E-state index in [0.717, 1.165) is 46.5 Å². The molecular weight excluding hydrogens is 334 g/mol. The van der Waals surface area contributed by atoms with E-state index in [1.165, 1.54) is 0 Å². The van der Waals surface area contributed by atoms with Crippen LogP contribution in [0.4, 0.5) is 0 Å². The average molecular weight is 355 g/mol. The molecule has 4 nitrogen and oxygen atoms in total. The van der Waals surface area contributed by atoms with E-state index in [-0.39, 0.29) is 11.7 Å². The van der Waals surface area contributed by atoms with E-state index in [9.17, 15) is 4.79 Å². The number of carbonyl (C=O) groups is 1. The Balaban J connectivity index is 1.65. The van der Waals surface area contributed by atoms with E-state index >= 15 is 0 Å². The molecule has 134 valence electrons. The van der Waals surface area contributed by atoms with Crippen molar-refractivity contribution in [3.05, 3.63) is 84.1 Å². The van der Waals surface area contributed by atoms with Gasteiger partial charge in [-0.1, -0.05) is 36.4 Å². The van der Waals surface area contributed by atoms with Gasteiger partial charge >= 0.3 is 0 Å². The number of benzene rings is 2. The number of fused-ring (bicyclic) bond motifs is 3. The van der Waals surface area contributed by atoms with Crippen LogP contribution in [0.3, 0.4) is 0 Å². The first kappa shape index (κ1) is 16.1. The molecule has 4 aromatic rings. The van der Waals surface area contributed by atoms with Gasteiger partial charge in [0.2, 0.25) is 0 Å². The van der Waals surface area contributed by atoms with Crippen LogP contribution in [0.1, 0.15) is 28.3 Å². The quantitative estimate of drug-likeness (QED) is 0.540. The van der Waals surface area contributed by atoms with Crippen molar-refractivity contribution in [3.8, 4) is 5.69 Å². The summed E-state index contributed by atoms with van der Waals surface area (Å²) >= 11 is 0. The topological polar surface area (TPSA) is 39.8 Å². The highest BCUT2D eigenvalue weighted by molar-refractivity contribution is 6.11. The van der Waals surface area contributed by atoms with Gasteiger partial charge in [0.15, 0.2) is 5.78 Å². The Morgan fingerprint density at radius 2 is 1.85 bits per heavy atom. The highest BCUT2D eigenvalue weighted by Crippen LogP contribution is 2.36. The Hall–Kier alpha value is -3.14. The number of nitrogens with zero attached hydrogens (tertiary/aromatic N) is 3. The molecule has 2 aromatic heterocycles. The van der Waals surface area contributed by atoms with Crippen molar-refractivity contribution in [2.45, 2.75) is 26.3 Å². The fourth-order valence-electron chi connectivity index (χ4n) is 4.33. The molecule has 2 heterocycles. The minimum atomic E-state index is 0.000398. The van der Waals surface area contributed by atoms with E-state index in [1.807, 2.05) is 43.5 Å². The number of imidazole rings is 1. The molecule has 2 aromatic carbocycles. The monoisotopic (exact) mass is 355 g/mol. The van der Waals surface area contributed by atoms with Crippen LogP contribution in [0, 0.1) is 12.8 Å². The van der Waals surface area contributed by atoms with Crippen LogP contribution in [0.2, 0.25) is 0 Å². The van der Waals surface area contributed by atoms with Crippen molar-refractivity contribution in [1.82, 2.24) is 14.1 Å². The predicted octanol–water partition coefficient (Wildman–Crippen LogP) is 4.58. The molecule has 1 aliphatic rings. The van der Waals surface area contributed by atoms with Crippen LogP contribution >= 0.6 is 0 Å². The molecule has 4 heteroatoms. The van der Waals surface area contributed by atoms with Gasteiger partial charge in [-0.05, 0) is 38.0 Å². The van der Waals surface area contributed by atoms with Crippen LogP contribution in [0.25, 0.3) is 16.6 Å². The molecule has 0 saturated heterocycles. The number of ketones is 1. The first-order valence-corrected chi connectivity index (χ1v) is 9.43. The lowest BCUT2D eigenvalue weighted by Gasteiger charge is -2.23. The van der Waals surface area contributed by atoms with Crippen LogP contribution < -0.4 is 0 Å². The van der Waals surface area contributed by atoms with Crippen molar-refractivity contribution >= 4 is 16.7 Å². The van der Waals surface area contributed by atoms with Gasteiger partial charge in [0.25, 0.3) is 0 Å². The van der Waals surface area contributed by atoms with Crippen molar-refractivity contribution < 1.29 is 4.79 Å². The number of carbonyl (C=O) groups excluding carboxylic acids is 1. The number of aryl methyl sites for hydroxylation is 1. The maximum Gasteiger partial charge on any atom is 0.170 e. The van der Waals surface area contributed by atoms with Gasteiger partial charge in [0.1, 0.15) is 5.82 Å². The summed E-state index contributed by atoms with van der Waals surface area (Å²) in [6.07, 6.45) is 5.54. The lowest BCUT2D eigenvalue weighted by atomic mass is 9.85. The number of para-hydroxylation sites is 2. The Kier molecular flexibility index (Phi) is 3.71. The van der Waals surface area contributed by atoms with E-state index in [2.05, 4.69) is 38.4 Å². The molecule has 0 amide bonds. The van der Waals surface area contributed by atoms with E-state index in [4.69, 9.17) is 0 Å². The maximum atomic E-state index is 13.5. The highest BCUT2D eigenvalue weighted by Gasteiger charge is 2.33. The summed E-state index contributed by atoms with van der Waals surface area (Å²) in [5, 5.41) is 1.06. The number of aromatic nitrogens is 3. The number of Topliss-reactive ketones (excluding diaryl/α,β-unsaturated/α-hetero) is 1. The predicted molar refractivity (Wildman–Crippen MR) is 106 cm³/mol. The van der Waals surface area contributed by atoms with Crippen LogP contribution in [0.15, 0.2) is 67.0 Å². The molecule has 0 fully saturated rings. The Bertz CT molecular complexity index is 1140. The maximum absolute atomic E-state index is 13.5. The lowest BCUT2D eigenvalue weighted by Crippen LogP contribution is -2.27. The van der Waals surface area contributed by atoms with Gasteiger partial charge in [-0.15, -0.1) is 0 Å². The zero-order chi connectivity index (χ0) is 18.4. The van der Waals surface area contributed by atoms with Crippen molar-refractivity contribution in [3.63, 3.8) is 0 Å². The Labute approximate surface area is 158 Å². The van der Waals surface area contributed by atoms with Crippen LogP contribution in [-0.4, -0.2) is 19.9 Å². The Morgan fingerprint density at radius 3 is 2.63 bits per heavy atom. The molecule has 0 saturated carbocycles. The molecule has 1 atom stereocenters. The van der Waals surface area contributed by atoms with Gasteiger partial charge in [0, 0.05) is 47.2 Å². The van der Waals surface area contributed by atoms with Gasteiger partial charge in [-0.25, -0.2) is 4.98 Å². The molecule has 0 spiro atoms. The average Bonchev–Trinajstić information content (AvgIpc) is 3.26. The fraction of sp³-hybridized carbons (Fsp3) is 0.217. The second-order valence-electron chi connectivity index (χ2n) is 7.24. The number of hydrogen-bond acceptors (Lipinski definition) is 2. The minimum Gasteiger partial charge on any atom is -0.334 e. The second-order valence-corrected chi connectivity index (χ2v) is 7.24. The fourth-order valence-corrected chi connectivity index (χ4v) is 4.33. The lowest BCUT2D eigenvalue weighted by molar-refractivity contribution is 0.0888. The summed E-state index contributed by atoms with van der Waals surface area (Å²) < 4.78 is 4.35. The van der Waals surface area contributed by atoms with Gasteiger partial charge in [-0.2, -0.15) is 0 Å². The molecule has 0 aliphatic heterocycles. The van der Waals surface area contributed by atoms with Crippen molar-refractivity contribution in [2.75, 3.05) is 0 Å². The molecule has 0 bridgehead atoms. The number of hydrogen-bond donors (Lipinski definition) is 0. The minimum absolute atomic E-state index is 0.000398. The smallest absolute Gasteiger partial charge is 0.170 e. The molecule has 1 aliphatic carbocycles. The summed E-state index contributed by atoms with van der Waals surface area (Å²) in [4.78, 5) is 17.8. The molecule has 5 rings (SSSR count). The summed E-state index contributed by atoms with van der Waals surface area (Å²) in [6.45, 7) is 2.69. The molecule has 27 heavy (non-hydrogen) atoms. The third kappa shape index (κ3) is 2.52. The van der Waals surface area contributed by atoms with Crippen LogP contribution in [-0.2, 0) is 13.0 Å². The summed E-state index contributed by atoms with van der Waals surface area (Å²) in [6, 6.07) is 18.6. The first-order chi connectivity index (χ1) is 13.2. The van der Waals surface area contributed by atoms with Gasteiger partial charge in [0.05, 0.1) is 5.52 Å².